The molecule has 68 valence electrons. The van der Waals surface area contributed by atoms with Crippen molar-refractivity contribution in [3.05, 3.63) is 0 Å². The summed E-state index contributed by atoms with van der Waals surface area (Å²) < 4.78 is 0. The van der Waals surface area contributed by atoms with Crippen molar-refractivity contribution >= 4 is 12.6 Å². The average molecular weight is 174 g/mol. The van der Waals surface area contributed by atoms with Gasteiger partial charge in [-0.3, -0.25) is 0 Å². The Balaban J connectivity index is 2.97. The molecule has 0 aliphatic heterocycles. The maximum atomic E-state index is 4.19. The SMILES string of the molecule is CCCC(C)CCCCCS. The van der Waals surface area contributed by atoms with Crippen LogP contribution in [0.5, 0.6) is 0 Å². The van der Waals surface area contributed by atoms with Crippen LogP contribution in [0.2, 0.25) is 0 Å². The van der Waals surface area contributed by atoms with Gasteiger partial charge in [-0.1, -0.05) is 46.0 Å². The van der Waals surface area contributed by atoms with Crippen molar-refractivity contribution in [2.45, 2.75) is 52.4 Å². The first kappa shape index (κ1) is 11.4. The molecule has 0 aromatic carbocycles. The van der Waals surface area contributed by atoms with E-state index in [1.165, 1.54) is 38.5 Å². The van der Waals surface area contributed by atoms with E-state index in [4.69, 9.17) is 0 Å². The van der Waals surface area contributed by atoms with Gasteiger partial charge in [-0.15, -0.1) is 0 Å². The highest BCUT2D eigenvalue weighted by Gasteiger charge is 1.98. The fourth-order valence-electron chi connectivity index (χ4n) is 1.42. The Morgan fingerprint density at radius 1 is 1.09 bits per heavy atom. The first-order valence-corrected chi connectivity index (χ1v) is 5.55. The molecule has 1 heteroatoms. The van der Waals surface area contributed by atoms with Gasteiger partial charge in [-0.25, -0.2) is 0 Å². The molecule has 0 amide bonds. The van der Waals surface area contributed by atoms with Crippen LogP contribution in [0.1, 0.15) is 52.4 Å². The Kier molecular flexibility index (Phi) is 8.72. The zero-order chi connectivity index (χ0) is 8.53. The van der Waals surface area contributed by atoms with Gasteiger partial charge >= 0.3 is 0 Å². The molecule has 0 nitrogen and oxygen atoms in total. The van der Waals surface area contributed by atoms with E-state index < -0.39 is 0 Å². The molecule has 11 heavy (non-hydrogen) atoms. The van der Waals surface area contributed by atoms with Crippen molar-refractivity contribution in [3.8, 4) is 0 Å². The lowest BCUT2D eigenvalue weighted by Crippen LogP contribution is -1.93. The molecule has 0 bridgehead atoms. The maximum Gasteiger partial charge on any atom is -0.00979 e. The third kappa shape index (κ3) is 8.25. The van der Waals surface area contributed by atoms with E-state index in [9.17, 15) is 0 Å². The quantitative estimate of drug-likeness (QED) is 0.439. The van der Waals surface area contributed by atoms with Crippen LogP contribution < -0.4 is 0 Å². The minimum atomic E-state index is 0.944. The molecule has 0 spiro atoms. The van der Waals surface area contributed by atoms with Crippen molar-refractivity contribution in [2.24, 2.45) is 5.92 Å². The number of hydrogen-bond acceptors (Lipinski definition) is 1. The van der Waals surface area contributed by atoms with Crippen LogP contribution >= 0.6 is 12.6 Å². The van der Waals surface area contributed by atoms with Gasteiger partial charge in [0.15, 0.2) is 0 Å². The topological polar surface area (TPSA) is 0 Å². The van der Waals surface area contributed by atoms with Crippen LogP contribution in [0.15, 0.2) is 0 Å². The number of thiol groups is 1. The van der Waals surface area contributed by atoms with Gasteiger partial charge in [0, 0.05) is 0 Å². The molecule has 0 aromatic rings. The molecule has 0 N–H and O–H groups in total. The molecule has 0 saturated heterocycles. The lowest BCUT2D eigenvalue weighted by atomic mass is 9.99. The maximum absolute atomic E-state index is 4.19. The molecular weight excluding hydrogens is 152 g/mol. The standard InChI is InChI=1S/C10H22S/c1-3-7-10(2)8-5-4-6-9-11/h10-11H,3-9H2,1-2H3. The largest absolute Gasteiger partial charge is 0.179 e. The Labute approximate surface area is 77.2 Å². The van der Waals surface area contributed by atoms with Gasteiger partial charge < -0.3 is 0 Å². The van der Waals surface area contributed by atoms with Crippen LogP contribution in [0.3, 0.4) is 0 Å². The van der Waals surface area contributed by atoms with E-state index in [0.717, 1.165) is 11.7 Å². The smallest absolute Gasteiger partial charge is 0.00979 e. The number of unbranched alkanes of at least 4 members (excludes halogenated alkanes) is 2. The van der Waals surface area contributed by atoms with E-state index in [-0.39, 0.29) is 0 Å². The Bertz CT molecular complexity index is 71.3. The summed E-state index contributed by atoms with van der Waals surface area (Å²) in [5.41, 5.74) is 0. The molecule has 0 aliphatic rings. The predicted molar refractivity (Wildman–Crippen MR) is 56.4 cm³/mol. The summed E-state index contributed by atoms with van der Waals surface area (Å²) in [5.74, 6) is 2.00. The summed E-state index contributed by atoms with van der Waals surface area (Å²) in [6.07, 6.45) is 8.23. The lowest BCUT2D eigenvalue weighted by molar-refractivity contribution is 0.460. The number of rotatable bonds is 7. The van der Waals surface area contributed by atoms with E-state index in [1.54, 1.807) is 0 Å². The third-order valence-electron chi connectivity index (χ3n) is 2.14. The van der Waals surface area contributed by atoms with Crippen LogP contribution in [-0.4, -0.2) is 5.75 Å². The van der Waals surface area contributed by atoms with Crippen molar-refractivity contribution < 1.29 is 0 Å². The fourth-order valence-corrected chi connectivity index (χ4v) is 1.64. The monoisotopic (exact) mass is 174 g/mol. The zero-order valence-electron chi connectivity index (χ0n) is 7.97. The molecule has 0 aromatic heterocycles. The summed E-state index contributed by atoms with van der Waals surface area (Å²) in [5, 5.41) is 0. The summed E-state index contributed by atoms with van der Waals surface area (Å²) in [4.78, 5) is 0. The summed E-state index contributed by atoms with van der Waals surface area (Å²) >= 11 is 4.19. The van der Waals surface area contributed by atoms with E-state index in [2.05, 4.69) is 26.5 Å². The lowest BCUT2D eigenvalue weighted by Gasteiger charge is -2.08. The first-order valence-electron chi connectivity index (χ1n) is 4.92. The highest BCUT2D eigenvalue weighted by Crippen LogP contribution is 2.14. The molecule has 1 unspecified atom stereocenters. The van der Waals surface area contributed by atoms with Gasteiger partial charge in [-0.05, 0) is 18.1 Å². The van der Waals surface area contributed by atoms with E-state index in [0.29, 0.717) is 0 Å². The number of hydrogen-bond donors (Lipinski definition) is 1. The van der Waals surface area contributed by atoms with Gasteiger partial charge in [0.25, 0.3) is 0 Å². The first-order chi connectivity index (χ1) is 5.31. The molecule has 0 saturated carbocycles. The summed E-state index contributed by atoms with van der Waals surface area (Å²) in [6.45, 7) is 4.63. The third-order valence-corrected chi connectivity index (χ3v) is 2.45. The van der Waals surface area contributed by atoms with Crippen LogP contribution in [0, 0.1) is 5.92 Å². The molecule has 0 rings (SSSR count). The summed E-state index contributed by atoms with van der Waals surface area (Å²) in [7, 11) is 0. The van der Waals surface area contributed by atoms with Gasteiger partial charge in [0.05, 0.1) is 0 Å². The van der Waals surface area contributed by atoms with Gasteiger partial charge in [-0.2, -0.15) is 12.6 Å². The molecule has 1 atom stereocenters. The second-order valence-electron chi connectivity index (χ2n) is 3.47. The van der Waals surface area contributed by atoms with Crippen LogP contribution in [-0.2, 0) is 0 Å². The minimum absolute atomic E-state index is 0.944. The Hall–Kier alpha value is 0.350. The molecule has 0 heterocycles. The van der Waals surface area contributed by atoms with Gasteiger partial charge in [0.1, 0.15) is 0 Å². The van der Waals surface area contributed by atoms with Crippen molar-refractivity contribution in [1.29, 1.82) is 0 Å². The second kappa shape index (κ2) is 8.45. The van der Waals surface area contributed by atoms with E-state index >= 15 is 0 Å². The highest BCUT2D eigenvalue weighted by molar-refractivity contribution is 7.80. The van der Waals surface area contributed by atoms with Crippen LogP contribution in [0.25, 0.3) is 0 Å². The average Bonchev–Trinajstić information content (AvgIpc) is 1.99. The van der Waals surface area contributed by atoms with Crippen molar-refractivity contribution in [1.82, 2.24) is 0 Å². The predicted octanol–water partition coefficient (Wildman–Crippen LogP) is 3.91. The summed E-state index contributed by atoms with van der Waals surface area (Å²) in [6, 6.07) is 0. The highest BCUT2D eigenvalue weighted by atomic mass is 32.1. The Morgan fingerprint density at radius 3 is 2.36 bits per heavy atom. The molecular formula is C10H22S. The van der Waals surface area contributed by atoms with Gasteiger partial charge in [0.2, 0.25) is 0 Å². The second-order valence-corrected chi connectivity index (χ2v) is 3.91. The van der Waals surface area contributed by atoms with Crippen molar-refractivity contribution in [2.75, 3.05) is 5.75 Å². The van der Waals surface area contributed by atoms with Crippen LogP contribution in [0.4, 0.5) is 0 Å². The zero-order valence-corrected chi connectivity index (χ0v) is 8.87. The molecule has 0 radical (unpaired) electrons. The van der Waals surface area contributed by atoms with Crippen molar-refractivity contribution in [3.63, 3.8) is 0 Å². The normalized spacial score (nSPS) is 13.4. The molecule has 0 aliphatic carbocycles. The molecule has 0 fully saturated rings. The fraction of sp³-hybridized carbons (Fsp3) is 1.00. The minimum Gasteiger partial charge on any atom is -0.179 e. The van der Waals surface area contributed by atoms with E-state index in [1.807, 2.05) is 0 Å². The Morgan fingerprint density at radius 2 is 1.82 bits per heavy atom.